The summed E-state index contributed by atoms with van der Waals surface area (Å²) in [6.45, 7) is 7.20. The maximum absolute atomic E-state index is 9.39. The number of aliphatic hydroxyl groups is 1. The summed E-state index contributed by atoms with van der Waals surface area (Å²) in [5.74, 6) is 0.0461. The first kappa shape index (κ1) is 12.3. The number of rotatable bonds is 3. The van der Waals surface area contributed by atoms with E-state index < -0.39 is 0 Å². The molecule has 0 amide bonds. The summed E-state index contributed by atoms with van der Waals surface area (Å²) >= 11 is 1.48. The van der Waals surface area contributed by atoms with Gasteiger partial charge in [-0.3, -0.25) is 0 Å². The van der Waals surface area contributed by atoms with Crippen LogP contribution < -0.4 is 11.5 Å². The lowest BCUT2D eigenvalue weighted by molar-refractivity contribution is 0.514. The second kappa shape index (κ2) is 4.58. The number of thiophene rings is 1. The topological polar surface area (TPSA) is 72.3 Å². The molecule has 0 aliphatic rings. The van der Waals surface area contributed by atoms with Gasteiger partial charge in [-0.15, -0.1) is 11.3 Å². The van der Waals surface area contributed by atoms with Gasteiger partial charge in [0.1, 0.15) is 5.76 Å². The molecule has 2 rings (SSSR count). The van der Waals surface area contributed by atoms with E-state index >= 15 is 0 Å². The van der Waals surface area contributed by atoms with Crippen molar-refractivity contribution in [3.8, 4) is 10.4 Å². The van der Waals surface area contributed by atoms with Crippen molar-refractivity contribution >= 4 is 28.5 Å². The molecule has 4 heteroatoms. The van der Waals surface area contributed by atoms with Crippen LogP contribution in [0, 0.1) is 0 Å². The van der Waals surface area contributed by atoms with Crippen LogP contribution >= 0.6 is 11.3 Å². The molecule has 3 nitrogen and oxygen atoms in total. The Bertz CT molecular complexity index is 628. The van der Waals surface area contributed by atoms with Crippen LogP contribution in [0.3, 0.4) is 0 Å². The van der Waals surface area contributed by atoms with Crippen molar-refractivity contribution in [1.29, 1.82) is 0 Å². The smallest absolute Gasteiger partial charge is 0.115 e. The maximum atomic E-state index is 9.39. The SMILES string of the molecule is C=C(O)c1cccc(-c2cc(N)c(C(=C)N)s2)c1. The molecule has 0 atom stereocenters. The summed E-state index contributed by atoms with van der Waals surface area (Å²) in [6.07, 6.45) is 0. The molecule has 0 spiro atoms. The molecule has 1 aromatic heterocycles. The minimum atomic E-state index is 0.0461. The van der Waals surface area contributed by atoms with Gasteiger partial charge in [0.15, 0.2) is 0 Å². The van der Waals surface area contributed by atoms with Crippen LogP contribution in [0.5, 0.6) is 0 Å². The molecule has 0 saturated heterocycles. The first-order valence-electron chi connectivity index (χ1n) is 5.32. The highest BCUT2D eigenvalue weighted by atomic mass is 32.1. The molecule has 0 aliphatic heterocycles. The standard InChI is InChI=1S/C14H14N2OS/c1-8(15)14-12(16)7-13(18-14)11-5-3-4-10(6-11)9(2)17/h3-7,17H,1-2,15-16H2. The third-order valence-corrected chi connectivity index (χ3v) is 3.81. The van der Waals surface area contributed by atoms with Crippen molar-refractivity contribution in [3.63, 3.8) is 0 Å². The van der Waals surface area contributed by atoms with Crippen LogP contribution in [0.25, 0.3) is 21.9 Å². The third-order valence-electron chi connectivity index (χ3n) is 2.53. The molecule has 0 unspecified atom stereocenters. The van der Waals surface area contributed by atoms with E-state index in [1.165, 1.54) is 11.3 Å². The van der Waals surface area contributed by atoms with Crippen LogP contribution in [-0.2, 0) is 0 Å². The molecule has 2 aromatic rings. The van der Waals surface area contributed by atoms with Crippen molar-refractivity contribution in [2.45, 2.75) is 0 Å². The molecule has 0 saturated carbocycles. The van der Waals surface area contributed by atoms with Crippen molar-refractivity contribution < 1.29 is 5.11 Å². The van der Waals surface area contributed by atoms with Crippen LogP contribution in [-0.4, -0.2) is 5.11 Å². The lowest BCUT2D eigenvalue weighted by Crippen LogP contribution is -1.94. The van der Waals surface area contributed by atoms with Gasteiger partial charge in [0.05, 0.1) is 10.6 Å². The second-order valence-corrected chi connectivity index (χ2v) is 5.00. The van der Waals surface area contributed by atoms with E-state index in [0.717, 1.165) is 15.3 Å². The van der Waals surface area contributed by atoms with Gasteiger partial charge in [0, 0.05) is 16.1 Å². The van der Waals surface area contributed by atoms with E-state index in [4.69, 9.17) is 11.5 Å². The highest BCUT2D eigenvalue weighted by Gasteiger charge is 2.09. The van der Waals surface area contributed by atoms with E-state index in [-0.39, 0.29) is 5.76 Å². The molecule has 0 aliphatic carbocycles. The molecule has 0 radical (unpaired) electrons. The van der Waals surface area contributed by atoms with Gasteiger partial charge in [-0.1, -0.05) is 31.4 Å². The predicted octanol–water partition coefficient (Wildman–Crippen LogP) is 3.46. The lowest BCUT2D eigenvalue weighted by atomic mass is 10.1. The van der Waals surface area contributed by atoms with Crippen molar-refractivity contribution in [2.75, 3.05) is 5.73 Å². The Morgan fingerprint density at radius 2 is 1.94 bits per heavy atom. The van der Waals surface area contributed by atoms with Crippen LogP contribution in [0.1, 0.15) is 10.4 Å². The van der Waals surface area contributed by atoms with Crippen molar-refractivity contribution in [1.82, 2.24) is 0 Å². The Hall–Kier alpha value is -2.20. The van der Waals surface area contributed by atoms with Gasteiger partial charge in [0.25, 0.3) is 0 Å². The molecule has 92 valence electrons. The summed E-state index contributed by atoms with van der Waals surface area (Å²) in [6, 6.07) is 9.32. The Morgan fingerprint density at radius 1 is 1.22 bits per heavy atom. The molecular weight excluding hydrogens is 244 g/mol. The van der Waals surface area contributed by atoms with E-state index in [0.29, 0.717) is 16.9 Å². The number of benzene rings is 1. The zero-order chi connectivity index (χ0) is 13.3. The first-order valence-corrected chi connectivity index (χ1v) is 6.13. The van der Waals surface area contributed by atoms with E-state index in [1.54, 1.807) is 6.07 Å². The Morgan fingerprint density at radius 3 is 2.50 bits per heavy atom. The number of aliphatic hydroxyl groups excluding tert-OH is 1. The van der Waals surface area contributed by atoms with Gasteiger partial charge in [-0.05, 0) is 17.7 Å². The summed E-state index contributed by atoms with van der Waals surface area (Å²) in [4.78, 5) is 1.77. The number of nitrogen functional groups attached to an aromatic ring is 1. The van der Waals surface area contributed by atoms with Gasteiger partial charge in [0.2, 0.25) is 0 Å². The number of hydrogen-bond donors (Lipinski definition) is 3. The summed E-state index contributed by atoms with van der Waals surface area (Å²) < 4.78 is 0. The Balaban J connectivity index is 2.49. The average Bonchev–Trinajstić information content (AvgIpc) is 2.71. The van der Waals surface area contributed by atoms with E-state index in [2.05, 4.69) is 13.2 Å². The first-order chi connectivity index (χ1) is 8.49. The summed E-state index contributed by atoms with van der Waals surface area (Å²) in [5, 5.41) is 9.39. The number of anilines is 1. The molecule has 18 heavy (non-hydrogen) atoms. The van der Waals surface area contributed by atoms with Crippen LogP contribution in [0.15, 0.2) is 43.5 Å². The Labute approximate surface area is 110 Å². The van der Waals surface area contributed by atoms with Gasteiger partial charge >= 0.3 is 0 Å². The minimum absolute atomic E-state index is 0.0461. The predicted molar refractivity (Wildman–Crippen MR) is 79.1 cm³/mol. The summed E-state index contributed by atoms with van der Waals surface area (Å²) in [7, 11) is 0. The van der Waals surface area contributed by atoms with Gasteiger partial charge in [-0.25, -0.2) is 0 Å². The van der Waals surface area contributed by atoms with Crippen molar-refractivity contribution in [3.05, 3.63) is 53.9 Å². The van der Waals surface area contributed by atoms with E-state index in [9.17, 15) is 5.11 Å². The fraction of sp³-hybridized carbons (Fsp3) is 0. The normalized spacial score (nSPS) is 10.2. The number of nitrogens with two attached hydrogens (primary N) is 2. The highest BCUT2D eigenvalue weighted by Crippen LogP contribution is 2.35. The van der Waals surface area contributed by atoms with Crippen molar-refractivity contribution in [2.24, 2.45) is 5.73 Å². The minimum Gasteiger partial charge on any atom is -0.508 e. The summed E-state index contributed by atoms with van der Waals surface area (Å²) in [5.41, 5.74) is 14.3. The molecule has 1 aromatic carbocycles. The fourth-order valence-electron chi connectivity index (χ4n) is 1.65. The lowest BCUT2D eigenvalue weighted by Gasteiger charge is -2.01. The Kier molecular flexibility index (Phi) is 3.12. The number of hydrogen-bond acceptors (Lipinski definition) is 4. The highest BCUT2D eigenvalue weighted by molar-refractivity contribution is 7.17. The molecular formula is C14H14N2OS. The molecule has 0 fully saturated rings. The van der Waals surface area contributed by atoms with Gasteiger partial charge < -0.3 is 16.6 Å². The van der Waals surface area contributed by atoms with Crippen LogP contribution in [0.4, 0.5) is 5.69 Å². The fourth-order valence-corrected chi connectivity index (χ4v) is 2.61. The molecule has 0 bridgehead atoms. The second-order valence-electron chi connectivity index (χ2n) is 3.95. The quantitative estimate of drug-likeness (QED) is 0.738. The third kappa shape index (κ3) is 2.24. The van der Waals surface area contributed by atoms with Gasteiger partial charge in [-0.2, -0.15) is 0 Å². The largest absolute Gasteiger partial charge is 0.508 e. The molecule has 5 N–H and O–H groups in total. The van der Waals surface area contributed by atoms with E-state index in [1.807, 2.05) is 24.3 Å². The maximum Gasteiger partial charge on any atom is 0.115 e. The monoisotopic (exact) mass is 258 g/mol. The zero-order valence-corrected chi connectivity index (χ0v) is 10.6. The van der Waals surface area contributed by atoms with Crippen LogP contribution in [0.2, 0.25) is 0 Å². The average molecular weight is 258 g/mol. The molecule has 1 heterocycles. The zero-order valence-electron chi connectivity index (χ0n) is 9.81.